The fourth-order valence-corrected chi connectivity index (χ4v) is 2.78. The van der Waals surface area contributed by atoms with Gasteiger partial charge in [0.25, 0.3) is 5.91 Å². The molecular formula is C13H19N3O3. The van der Waals surface area contributed by atoms with Crippen molar-refractivity contribution in [2.75, 3.05) is 0 Å². The predicted octanol–water partition coefficient (Wildman–Crippen LogP) is 2.34. The van der Waals surface area contributed by atoms with E-state index >= 15 is 0 Å². The van der Waals surface area contributed by atoms with Gasteiger partial charge in [0.2, 0.25) is 0 Å². The summed E-state index contributed by atoms with van der Waals surface area (Å²) in [5.41, 5.74) is 5.89. The van der Waals surface area contributed by atoms with Crippen molar-refractivity contribution in [3.8, 4) is 0 Å². The third-order valence-corrected chi connectivity index (χ3v) is 3.73. The Morgan fingerprint density at radius 1 is 1.21 bits per heavy atom. The molecule has 0 aliphatic heterocycles. The number of hydrogen-bond donors (Lipinski definition) is 2. The average molecular weight is 265 g/mol. The van der Waals surface area contributed by atoms with Crippen LogP contribution in [0.1, 0.15) is 67.0 Å². The Balaban J connectivity index is 2.32. The van der Waals surface area contributed by atoms with Crippen molar-refractivity contribution in [2.45, 2.75) is 50.9 Å². The number of imidazole rings is 1. The van der Waals surface area contributed by atoms with Crippen LogP contribution in [-0.4, -0.2) is 26.7 Å². The molecule has 0 aromatic carbocycles. The first-order valence-corrected chi connectivity index (χ1v) is 6.71. The molecule has 19 heavy (non-hydrogen) atoms. The zero-order chi connectivity index (χ0) is 13.8. The molecule has 0 radical (unpaired) electrons. The van der Waals surface area contributed by atoms with Gasteiger partial charge in [-0.25, -0.2) is 14.3 Å². The van der Waals surface area contributed by atoms with E-state index in [0.29, 0.717) is 5.69 Å². The minimum atomic E-state index is -1.22. The maximum atomic E-state index is 11.5. The van der Waals surface area contributed by atoms with Gasteiger partial charge in [0.15, 0.2) is 0 Å². The van der Waals surface area contributed by atoms with Gasteiger partial charge in [-0.1, -0.05) is 32.1 Å². The van der Waals surface area contributed by atoms with E-state index in [9.17, 15) is 9.59 Å². The molecule has 6 heteroatoms. The van der Waals surface area contributed by atoms with Crippen LogP contribution in [-0.2, 0) is 0 Å². The molecule has 1 heterocycles. The molecule has 0 spiro atoms. The SMILES string of the molecule is NC(=O)c1c(C2CCCCCCC2)ncn1C(=O)O. The lowest BCUT2D eigenvalue weighted by atomic mass is 9.88. The molecule has 1 fully saturated rings. The third kappa shape index (κ3) is 2.94. The first-order chi connectivity index (χ1) is 9.11. The largest absolute Gasteiger partial charge is 0.464 e. The average Bonchev–Trinajstić information content (AvgIpc) is 2.73. The normalized spacial score (nSPS) is 17.7. The second kappa shape index (κ2) is 5.86. The van der Waals surface area contributed by atoms with Gasteiger partial charge in [0.05, 0.1) is 5.69 Å². The fourth-order valence-electron chi connectivity index (χ4n) is 2.78. The highest BCUT2D eigenvalue weighted by molar-refractivity contribution is 5.95. The highest BCUT2D eigenvalue weighted by Crippen LogP contribution is 2.31. The monoisotopic (exact) mass is 265 g/mol. The summed E-state index contributed by atoms with van der Waals surface area (Å²) in [7, 11) is 0. The fraction of sp³-hybridized carbons (Fsp3) is 0.615. The van der Waals surface area contributed by atoms with E-state index in [1.54, 1.807) is 0 Å². The van der Waals surface area contributed by atoms with Crippen molar-refractivity contribution in [3.63, 3.8) is 0 Å². The standard InChI is InChI=1S/C13H19N3O3/c14-12(17)11-10(15-8-16(11)13(18)19)9-6-4-2-1-3-5-7-9/h8-9H,1-7H2,(H2,14,17)(H,18,19). The number of carbonyl (C=O) groups excluding carboxylic acids is 1. The molecule has 0 unspecified atom stereocenters. The van der Waals surface area contributed by atoms with E-state index < -0.39 is 12.0 Å². The van der Waals surface area contributed by atoms with Crippen molar-refractivity contribution in [2.24, 2.45) is 5.73 Å². The number of carboxylic acid groups (broad SMARTS) is 1. The molecule has 6 nitrogen and oxygen atoms in total. The van der Waals surface area contributed by atoms with Crippen molar-refractivity contribution in [1.82, 2.24) is 9.55 Å². The molecule has 1 amide bonds. The zero-order valence-corrected chi connectivity index (χ0v) is 10.8. The summed E-state index contributed by atoms with van der Waals surface area (Å²) in [4.78, 5) is 26.7. The van der Waals surface area contributed by atoms with Crippen LogP contribution in [0.3, 0.4) is 0 Å². The van der Waals surface area contributed by atoms with Gasteiger partial charge >= 0.3 is 6.09 Å². The molecule has 1 aliphatic rings. The summed E-state index contributed by atoms with van der Waals surface area (Å²) in [6.45, 7) is 0. The molecular weight excluding hydrogens is 246 g/mol. The van der Waals surface area contributed by atoms with Crippen LogP contribution in [0.5, 0.6) is 0 Å². The zero-order valence-electron chi connectivity index (χ0n) is 10.8. The van der Waals surface area contributed by atoms with Crippen LogP contribution >= 0.6 is 0 Å². The molecule has 1 saturated carbocycles. The van der Waals surface area contributed by atoms with Gasteiger partial charge in [-0.2, -0.15) is 0 Å². The summed E-state index contributed by atoms with van der Waals surface area (Å²) in [5, 5.41) is 9.04. The van der Waals surface area contributed by atoms with Crippen LogP contribution in [0.4, 0.5) is 4.79 Å². The molecule has 3 N–H and O–H groups in total. The lowest BCUT2D eigenvalue weighted by Gasteiger charge is -2.18. The molecule has 2 rings (SSSR count). The summed E-state index contributed by atoms with van der Waals surface area (Å²) in [6, 6.07) is 0. The van der Waals surface area contributed by atoms with E-state index in [0.717, 1.165) is 30.3 Å². The topological polar surface area (TPSA) is 98.2 Å². The van der Waals surface area contributed by atoms with Gasteiger partial charge in [-0.05, 0) is 12.8 Å². The highest BCUT2D eigenvalue weighted by atomic mass is 16.4. The Labute approximate surface area is 111 Å². The Hall–Kier alpha value is -1.85. The summed E-state index contributed by atoms with van der Waals surface area (Å²) in [6.07, 6.45) is 7.62. The van der Waals surface area contributed by atoms with Crippen LogP contribution in [0.25, 0.3) is 0 Å². The maximum absolute atomic E-state index is 11.5. The second-order valence-electron chi connectivity index (χ2n) is 5.04. The number of hydrogen-bond acceptors (Lipinski definition) is 3. The van der Waals surface area contributed by atoms with Gasteiger partial charge in [0, 0.05) is 5.92 Å². The van der Waals surface area contributed by atoms with Crippen molar-refractivity contribution >= 4 is 12.0 Å². The number of carbonyl (C=O) groups is 2. The molecule has 104 valence electrons. The number of aromatic nitrogens is 2. The lowest BCUT2D eigenvalue weighted by molar-refractivity contribution is 0.0987. The van der Waals surface area contributed by atoms with Gasteiger partial charge in [-0.15, -0.1) is 0 Å². The summed E-state index contributed by atoms with van der Waals surface area (Å²) < 4.78 is 0.830. The number of nitrogens with two attached hydrogens (primary N) is 1. The van der Waals surface area contributed by atoms with Gasteiger partial charge in [-0.3, -0.25) is 4.79 Å². The molecule has 1 aliphatic carbocycles. The Morgan fingerprint density at radius 2 is 1.79 bits per heavy atom. The van der Waals surface area contributed by atoms with E-state index in [-0.39, 0.29) is 11.6 Å². The van der Waals surface area contributed by atoms with Gasteiger partial charge < -0.3 is 10.8 Å². The van der Waals surface area contributed by atoms with Crippen molar-refractivity contribution in [3.05, 3.63) is 17.7 Å². The van der Waals surface area contributed by atoms with Gasteiger partial charge in [0.1, 0.15) is 12.0 Å². The number of nitrogens with zero attached hydrogens (tertiary/aromatic N) is 2. The van der Waals surface area contributed by atoms with Crippen LogP contribution < -0.4 is 5.73 Å². The van der Waals surface area contributed by atoms with Crippen LogP contribution in [0, 0.1) is 0 Å². The van der Waals surface area contributed by atoms with Crippen LogP contribution in [0.2, 0.25) is 0 Å². The quantitative estimate of drug-likeness (QED) is 0.857. The Morgan fingerprint density at radius 3 is 2.32 bits per heavy atom. The van der Waals surface area contributed by atoms with Crippen molar-refractivity contribution < 1.29 is 14.7 Å². The number of amides is 1. The van der Waals surface area contributed by atoms with E-state index in [4.69, 9.17) is 10.8 Å². The molecule has 1 aromatic heterocycles. The second-order valence-corrected chi connectivity index (χ2v) is 5.04. The van der Waals surface area contributed by atoms with E-state index in [1.165, 1.54) is 25.6 Å². The minimum absolute atomic E-state index is 0.0260. The maximum Gasteiger partial charge on any atom is 0.417 e. The Bertz CT molecular complexity index is 473. The number of primary amides is 1. The van der Waals surface area contributed by atoms with Crippen molar-refractivity contribution in [1.29, 1.82) is 0 Å². The van der Waals surface area contributed by atoms with E-state index in [1.807, 2.05) is 0 Å². The lowest BCUT2D eigenvalue weighted by Crippen LogP contribution is -2.23. The Kier molecular flexibility index (Phi) is 4.19. The minimum Gasteiger partial charge on any atom is -0.464 e. The molecule has 0 bridgehead atoms. The molecule has 0 saturated heterocycles. The smallest absolute Gasteiger partial charge is 0.417 e. The highest BCUT2D eigenvalue weighted by Gasteiger charge is 2.26. The van der Waals surface area contributed by atoms with Crippen LogP contribution in [0.15, 0.2) is 6.33 Å². The first kappa shape index (κ1) is 13.6. The first-order valence-electron chi connectivity index (χ1n) is 6.71. The van der Waals surface area contributed by atoms with E-state index in [2.05, 4.69) is 4.98 Å². The molecule has 0 atom stereocenters. The summed E-state index contributed by atoms with van der Waals surface area (Å²) in [5.74, 6) is -0.583. The third-order valence-electron chi connectivity index (χ3n) is 3.73. The molecule has 1 aromatic rings. The number of rotatable bonds is 2. The predicted molar refractivity (Wildman–Crippen MR) is 69.2 cm³/mol. The summed E-state index contributed by atoms with van der Waals surface area (Å²) >= 11 is 0.